The Hall–Kier alpha value is -2.36. The van der Waals surface area contributed by atoms with Crippen molar-refractivity contribution in [3.05, 3.63) is 42.2 Å². The van der Waals surface area contributed by atoms with Crippen LogP contribution in [0.4, 0.5) is 0 Å². The van der Waals surface area contributed by atoms with Gasteiger partial charge in [-0.3, -0.25) is 9.78 Å². The summed E-state index contributed by atoms with van der Waals surface area (Å²) in [6.45, 7) is 10.8. The minimum Gasteiger partial charge on any atom is -0.353 e. The summed E-state index contributed by atoms with van der Waals surface area (Å²) >= 11 is 0. The van der Waals surface area contributed by atoms with Crippen molar-refractivity contribution >= 4 is 27.7 Å². The van der Waals surface area contributed by atoms with Crippen LogP contribution in [0.5, 0.6) is 0 Å². The van der Waals surface area contributed by atoms with Gasteiger partial charge in [-0.25, -0.2) is 0 Å². The maximum absolute atomic E-state index is 12.4. The Bertz CT molecular complexity index is 931. The number of nitrogens with zero attached hydrogens (tertiary/aromatic N) is 1. The number of amides is 1. The zero-order chi connectivity index (χ0) is 18.9. The number of carbonyl (C=O) groups excluding carboxylic acids is 1. The molecule has 0 saturated heterocycles. The van der Waals surface area contributed by atoms with Crippen molar-refractivity contribution in [2.45, 2.75) is 59.4 Å². The van der Waals surface area contributed by atoms with Gasteiger partial charge in [0.25, 0.3) is 0 Å². The van der Waals surface area contributed by atoms with Crippen LogP contribution in [0.2, 0.25) is 0 Å². The number of para-hydroxylation sites is 1. The maximum atomic E-state index is 12.4. The summed E-state index contributed by atoms with van der Waals surface area (Å²) in [6, 6.07) is 10.3. The zero-order valence-corrected chi connectivity index (χ0v) is 16.4. The number of aromatic nitrogens is 2. The zero-order valence-electron chi connectivity index (χ0n) is 16.4. The van der Waals surface area contributed by atoms with Crippen LogP contribution in [0, 0.1) is 5.41 Å². The van der Waals surface area contributed by atoms with Gasteiger partial charge in [-0.05, 0) is 44.2 Å². The van der Waals surface area contributed by atoms with Gasteiger partial charge in [-0.1, -0.05) is 39.0 Å². The average molecular weight is 351 g/mol. The molecule has 0 saturated carbocycles. The Morgan fingerprint density at radius 3 is 2.54 bits per heavy atom. The minimum absolute atomic E-state index is 0.0834. The summed E-state index contributed by atoms with van der Waals surface area (Å²) in [5.41, 5.74) is 3.07. The van der Waals surface area contributed by atoms with Crippen molar-refractivity contribution in [2.75, 3.05) is 0 Å². The molecule has 0 fully saturated rings. The second-order valence-electron chi connectivity index (χ2n) is 9.06. The number of nitrogens with one attached hydrogen (secondary N) is 2. The molecule has 0 aliphatic heterocycles. The fourth-order valence-corrected chi connectivity index (χ4v) is 3.98. The van der Waals surface area contributed by atoms with Crippen LogP contribution in [0.15, 0.2) is 36.5 Å². The number of aryl methyl sites for hydroxylation is 1. The summed E-state index contributed by atoms with van der Waals surface area (Å²) in [5.74, 6) is 0.0834. The van der Waals surface area contributed by atoms with Crippen LogP contribution in [0.25, 0.3) is 21.8 Å². The number of hydrogen-bond donors (Lipinski definition) is 2. The molecule has 0 aliphatic rings. The lowest BCUT2D eigenvalue weighted by atomic mass is 9.82. The Morgan fingerprint density at radius 1 is 1.08 bits per heavy atom. The third-order valence-corrected chi connectivity index (χ3v) is 4.51. The number of rotatable bonds is 5. The van der Waals surface area contributed by atoms with E-state index in [1.54, 1.807) is 0 Å². The molecule has 0 radical (unpaired) electrons. The summed E-state index contributed by atoms with van der Waals surface area (Å²) in [6.07, 6.45) is 3.90. The van der Waals surface area contributed by atoms with Crippen molar-refractivity contribution in [2.24, 2.45) is 5.41 Å². The molecule has 0 spiro atoms. The molecule has 0 atom stereocenters. The van der Waals surface area contributed by atoms with Crippen LogP contribution in [-0.2, 0) is 11.2 Å². The molecule has 138 valence electrons. The Balaban J connectivity index is 1.67. The molecule has 0 bridgehead atoms. The monoisotopic (exact) mass is 351 g/mol. The van der Waals surface area contributed by atoms with Crippen LogP contribution < -0.4 is 5.32 Å². The van der Waals surface area contributed by atoms with E-state index in [4.69, 9.17) is 0 Å². The molecule has 1 amide bonds. The van der Waals surface area contributed by atoms with E-state index < -0.39 is 0 Å². The summed E-state index contributed by atoms with van der Waals surface area (Å²) in [7, 11) is 0. The Kier molecular flexibility index (Phi) is 4.78. The maximum Gasteiger partial charge on any atom is 0.220 e. The lowest BCUT2D eigenvalue weighted by Gasteiger charge is -2.33. The van der Waals surface area contributed by atoms with E-state index >= 15 is 0 Å². The second kappa shape index (κ2) is 6.75. The molecule has 4 heteroatoms. The van der Waals surface area contributed by atoms with Crippen molar-refractivity contribution in [1.82, 2.24) is 15.3 Å². The highest BCUT2D eigenvalue weighted by molar-refractivity contribution is 6.06. The number of fused-ring (bicyclic) bond motifs is 3. The van der Waals surface area contributed by atoms with E-state index in [0.717, 1.165) is 23.1 Å². The number of benzene rings is 1. The van der Waals surface area contributed by atoms with Gasteiger partial charge in [0, 0.05) is 33.9 Å². The number of pyridine rings is 1. The first-order valence-corrected chi connectivity index (χ1v) is 9.29. The van der Waals surface area contributed by atoms with Crippen LogP contribution in [0.1, 0.15) is 53.2 Å². The van der Waals surface area contributed by atoms with Gasteiger partial charge in [0.05, 0.1) is 11.7 Å². The largest absolute Gasteiger partial charge is 0.353 e. The first-order valence-electron chi connectivity index (χ1n) is 9.29. The second-order valence-corrected chi connectivity index (χ2v) is 9.06. The smallest absolute Gasteiger partial charge is 0.220 e. The standard InChI is InChI=1S/C22H29N3O/c1-21(2,3)14-22(4,5)25-20(26)11-10-15-12-17-16-8-6-7-9-18(16)24-19(17)13-23-15/h6-9,12-13,24H,10-11,14H2,1-5H3,(H,25,26). The molecule has 0 unspecified atom stereocenters. The molecule has 2 N–H and O–H groups in total. The molecule has 4 nitrogen and oxygen atoms in total. The first kappa shape index (κ1) is 18.4. The van der Waals surface area contributed by atoms with Crippen LogP contribution >= 0.6 is 0 Å². The van der Waals surface area contributed by atoms with Gasteiger partial charge in [0.2, 0.25) is 5.91 Å². The number of aromatic amines is 1. The van der Waals surface area contributed by atoms with Gasteiger partial charge in [0.1, 0.15) is 0 Å². The highest BCUT2D eigenvalue weighted by Gasteiger charge is 2.26. The third-order valence-electron chi connectivity index (χ3n) is 4.51. The van der Waals surface area contributed by atoms with Gasteiger partial charge >= 0.3 is 0 Å². The molecule has 2 aromatic heterocycles. The van der Waals surface area contributed by atoms with Crippen LogP contribution in [-0.4, -0.2) is 21.4 Å². The number of carbonyl (C=O) groups is 1. The normalized spacial score (nSPS) is 12.7. The first-order chi connectivity index (χ1) is 12.1. The van der Waals surface area contributed by atoms with Crippen molar-refractivity contribution in [3.63, 3.8) is 0 Å². The third kappa shape index (κ3) is 4.43. The van der Waals surface area contributed by atoms with Gasteiger partial charge < -0.3 is 10.3 Å². The van der Waals surface area contributed by atoms with E-state index in [1.165, 1.54) is 10.8 Å². The minimum atomic E-state index is -0.205. The molecule has 2 heterocycles. The molecule has 1 aromatic carbocycles. The molecule has 3 aromatic rings. The fraction of sp³-hybridized carbons (Fsp3) is 0.455. The molecular formula is C22H29N3O. The highest BCUT2D eigenvalue weighted by atomic mass is 16.1. The van der Waals surface area contributed by atoms with Crippen molar-refractivity contribution in [1.29, 1.82) is 0 Å². The van der Waals surface area contributed by atoms with Gasteiger partial charge in [0.15, 0.2) is 0 Å². The van der Waals surface area contributed by atoms with Crippen molar-refractivity contribution < 1.29 is 4.79 Å². The number of hydrogen-bond acceptors (Lipinski definition) is 2. The summed E-state index contributed by atoms with van der Waals surface area (Å²) in [4.78, 5) is 20.3. The van der Waals surface area contributed by atoms with E-state index in [9.17, 15) is 4.79 Å². The Labute approximate surface area is 155 Å². The Morgan fingerprint density at radius 2 is 1.81 bits per heavy atom. The van der Waals surface area contributed by atoms with E-state index in [2.05, 4.69) is 68.1 Å². The molecular weight excluding hydrogens is 322 g/mol. The SMILES string of the molecule is CC(C)(C)CC(C)(C)NC(=O)CCc1cc2c(cn1)[nH]c1ccccc12. The lowest BCUT2D eigenvalue weighted by Crippen LogP contribution is -2.45. The topological polar surface area (TPSA) is 57.8 Å². The predicted molar refractivity (Wildman–Crippen MR) is 108 cm³/mol. The van der Waals surface area contributed by atoms with Gasteiger partial charge in [-0.2, -0.15) is 0 Å². The van der Waals surface area contributed by atoms with Crippen molar-refractivity contribution in [3.8, 4) is 0 Å². The number of H-pyrrole nitrogens is 1. The average Bonchev–Trinajstić information content (AvgIpc) is 2.88. The van der Waals surface area contributed by atoms with Crippen LogP contribution in [0.3, 0.4) is 0 Å². The molecule has 26 heavy (non-hydrogen) atoms. The van der Waals surface area contributed by atoms with Gasteiger partial charge in [-0.15, -0.1) is 0 Å². The summed E-state index contributed by atoms with van der Waals surface area (Å²) in [5, 5.41) is 5.53. The molecule has 0 aliphatic carbocycles. The van der Waals surface area contributed by atoms with E-state index in [-0.39, 0.29) is 16.9 Å². The fourth-order valence-electron chi connectivity index (χ4n) is 3.98. The van der Waals surface area contributed by atoms with E-state index in [0.29, 0.717) is 12.8 Å². The van der Waals surface area contributed by atoms with E-state index in [1.807, 2.05) is 18.3 Å². The quantitative estimate of drug-likeness (QED) is 0.681. The predicted octanol–water partition coefficient (Wildman–Crippen LogP) is 4.98. The highest BCUT2D eigenvalue weighted by Crippen LogP contribution is 2.27. The summed E-state index contributed by atoms with van der Waals surface area (Å²) < 4.78 is 0. The lowest BCUT2D eigenvalue weighted by molar-refractivity contribution is -0.122. The molecule has 3 rings (SSSR count).